The molecule has 0 heterocycles. The number of aliphatic imine (C=N–C) groups is 1. The van der Waals surface area contributed by atoms with Crippen LogP contribution in [0.1, 0.15) is 21.5 Å². The van der Waals surface area contributed by atoms with E-state index in [2.05, 4.69) is 31.6 Å². The molecule has 0 aliphatic carbocycles. The van der Waals surface area contributed by atoms with E-state index in [-0.39, 0.29) is 35.7 Å². The van der Waals surface area contributed by atoms with Gasteiger partial charge < -0.3 is 15.5 Å². The Hall–Kier alpha value is -1.68. The van der Waals surface area contributed by atoms with Gasteiger partial charge in [-0.2, -0.15) is 0 Å². The number of rotatable bonds is 5. The largest absolute Gasteiger partial charge is 0.352 e. The molecule has 1 amide bonds. The van der Waals surface area contributed by atoms with E-state index in [1.807, 2.05) is 12.1 Å². The molecule has 0 unspecified atom stereocenters. The van der Waals surface area contributed by atoms with Crippen LogP contribution in [0.5, 0.6) is 0 Å². The molecule has 0 aliphatic rings. The van der Waals surface area contributed by atoms with E-state index in [1.165, 1.54) is 6.07 Å². The molecular formula is C19H23BrFIN4O. The second kappa shape index (κ2) is 11.2. The average molecular weight is 549 g/mol. The van der Waals surface area contributed by atoms with Crippen molar-refractivity contribution in [1.82, 2.24) is 15.5 Å². The van der Waals surface area contributed by atoms with Crippen molar-refractivity contribution in [2.45, 2.75) is 13.1 Å². The van der Waals surface area contributed by atoms with Crippen molar-refractivity contribution in [1.29, 1.82) is 0 Å². The maximum absolute atomic E-state index is 13.8. The van der Waals surface area contributed by atoms with Crippen molar-refractivity contribution >= 4 is 51.8 Å². The summed E-state index contributed by atoms with van der Waals surface area (Å²) in [6, 6.07) is 12.2. The lowest BCUT2D eigenvalue weighted by atomic mass is 10.1. The molecule has 0 radical (unpaired) electrons. The van der Waals surface area contributed by atoms with E-state index >= 15 is 0 Å². The number of guanidine groups is 1. The van der Waals surface area contributed by atoms with Crippen LogP contribution in [-0.4, -0.2) is 37.9 Å². The molecule has 2 aromatic rings. The standard InChI is InChI=1S/C19H22BrFN4O.HI/c1-22-19(24-12-15-10-16(20)8-9-17(15)21)23-11-13-4-6-14(7-5-13)18(26)25(2)3;/h4-10H,11-12H2,1-3H3,(H2,22,23,24);1H. The van der Waals surface area contributed by atoms with E-state index in [1.54, 1.807) is 50.3 Å². The molecule has 0 aliphatic heterocycles. The summed E-state index contributed by atoms with van der Waals surface area (Å²) in [6.45, 7) is 0.859. The highest BCUT2D eigenvalue weighted by Crippen LogP contribution is 2.15. The van der Waals surface area contributed by atoms with Gasteiger partial charge in [-0.1, -0.05) is 28.1 Å². The van der Waals surface area contributed by atoms with Gasteiger partial charge in [0, 0.05) is 49.8 Å². The third-order valence-corrected chi connectivity index (χ3v) is 4.24. The Balaban J connectivity index is 0.00000364. The van der Waals surface area contributed by atoms with Crippen LogP contribution >= 0.6 is 39.9 Å². The van der Waals surface area contributed by atoms with Crippen LogP contribution in [0.3, 0.4) is 0 Å². The number of carbonyl (C=O) groups is 1. The molecule has 0 aromatic heterocycles. The monoisotopic (exact) mass is 548 g/mol. The fourth-order valence-electron chi connectivity index (χ4n) is 2.29. The van der Waals surface area contributed by atoms with Gasteiger partial charge in [0.2, 0.25) is 0 Å². The molecule has 0 spiro atoms. The lowest BCUT2D eigenvalue weighted by Crippen LogP contribution is -2.36. The Morgan fingerprint density at radius 3 is 2.33 bits per heavy atom. The summed E-state index contributed by atoms with van der Waals surface area (Å²) in [5, 5.41) is 6.26. The van der Waals surface area contributed by atoms with Gasteiger partial charge in [-0.25, -0.2) is 4.39 Å². The fraction of sp³-hybridized carbons (Fsp3) is 0.263. The number of hydrogen-bond donors (Lipinski definition) is 2. The van der Waals surface area contributed by atoms with Crippen molar-refractivity contribution < 1.29 is 9.18 Å². The Morgan fingerprint density at radius 2 is 1.74 bits per heavy atom. The van der Waals surface area contributed by atoms with Crippen LogP contribution in [-0.2, 0) is 13.1 Å². The topological polar surface area (TPSA) is 56.7 Å². The lowest BCUT2D eigenvalue weighted by molar-refractivity contribution is 0.0827. The Kier molecular flexibility index (Phi) is 9.71. The van der Waals surface area contributed by atoms with Gasteiger partial charge in [-0.05, 0) is 35.9 Å². The van der Waals surface area contributed by atoms with Gasteiger partial charge in [0.05, 0.1) is 0 Å². The molecule has 5 nitrogen and oxygen atoms in total. The lowest BCUT2D eigenvalue weighted by Gasteiger charge is -2.13. The number of hydrogen-bond acceptors (Lipinski definition) is 2. The first-order valence-corrected chi connectivity index (χ1v) is 8.89. The highest BCUT2D eigenvalue weighted by molar-refractivity contribution is 14.0. The summed E-state index contributed by atoms with van der Waals surface area (Å²) < 4.78 is 14.6. The molecule has 27 heavy (non-hydrogen) atoms. The predicted molar refractivity (Wildman–Crippen MR) is 121 cm³/mol. The third kappa shape index (κ3) is 7.10. The van der Waals surface area contributed by atoms with Crippen molar-refractivity contribution in [2.75, 3.05) is 21.1 Å². The fourth-order valence-corrected chi connectivity index (χ4v) is 2.70. The number of carbonyl (C=O) groups excluding carboxylic acids is 1. The first-order valence-electron chi connectivity index (χ1n) is 8.09. The van der Waals surface area contributed by atoms with Crippen molar-refractivity contribution in [3.63, 3.8) is 0 Å². The van der Waals surface area contributed by atoms with E-state index < -0.39 is 0 Å². The van der Waals surface area contributed by atoms with Gasteiger partial charge in [0.1, 0.15) is 5.82 Å². The van der Waals surface area contributed by atoms with E-state index in [0.29, 0.717) is 30.2 Å². The number of nitrogens with one attached hydrogen (secondary N) is 2. The van der Waals surface area contributed by atoms with Gasteiger partial charge in [-0.3, -0.25) is 9.79 Å². The zero-order chi connectivity index (χ0) is 19.1. The van der Waals surface area contributed by atoms with Gasteiger partial charge in [0.25, 0.3) is 5.91 Å². The molecular weight excluding hydrogens is 526 g/mol. The van der Waals surface area contributed by atoms with Crippen LogP contribution in [0.15, 0.2) is 51.9 Å². The molecule has 0 atom stereocenters. The van der Waals surface area contributed by atoms with Crippen molar-refractivity contribution in [2.24, 2.45) is 4.99 Å². The highest BCUT2D eigenvalue weighted by Gasteiger charge is 2.08. The minimum Gasteiger partial charge on any atom is -0.352 e. The maximum atomic E-state index is 13.8. The first-order chi connectivity index (χ1) is 12.4. The van der Waals surface area contributed by atoms with E-state index in [0.717, 1.165) is 10.0 Å². The molecule has 2 aromatic carbocycles. The molecule has 2 N–H and O–H groups in total. The summed E-state index contributed by atoms with van der Waals surface area (Å²) in [7, 11) is 5.11. The summed E-state index contributed by atoms with van der Waals surface area (Å²) in [6.07, 6.45) is 0. The molecule has 0 fully saturated rings. The summed E-state index contributed by atoms with van der Waals surface area (Å²) in [4.78, 5) is 17.6. The normalized spacial score (nSPS) is 10.8. The SMILES string of the molecule is CN=C(NCc1ccc(C(=O)N(C)C)cc1)NCc1cc(Br)ccc1F.I. The van der Waals surface area contributed by atoms with Crippen LogP contribution in [0.25, 0.3) is 0 Å². The number of halogens is 3. The van der Waals surface area contributed by atoms with E-state index in [9.17, 15) is 9.18 Å². The molecule has 0 saturated carbocycles. The Bertz CT molecular complexity index is 797. The summed E-state index contributed by atoms with van der Waals surface area (Å²) in [5.74, 6) is 0.271. The van der Waals surface area contributed by atoms with Crippen LogP contribution < -0.4 is 10.6 Å². The van der Waals surface area contributed by atoms with Gasteiger partial charge in [-0.15, -0.1) is 24.0 Å². The number of amides is 1. The number of benzene rings is 2. The van der Waals surface area contributed by atoms with Crippen molar-refractivity contribution in [3.05, 3.63) is 69.4 Å². The Morgan fingerprint density at radius 1 is 1.11 bits per heavy atom. The molecule has 8 heteroatoms. The second-order valence-electron chi connectivity index (χ2n) is 5.91. The zero-order valence-electron chi connectivity index (χ0n) is 15.4. The van der Waals surface area contributed by atoms with Crippen LogP contribution in [0, 0.1) is 5.82 Å². The maximum Gasteiger partial charge on any atom is 0.253 e. The smallest absolute Gasteiger partial charge is 0.253 e. The number of nitrogens with zero attached hydrogens (tertiary/aromatic N) is 2. The molecule has 0 bridgehead atoms. The molecule has 2 rings (SSSR count). The zero-order valence-corrected chi connectivity index (χ0v) is 19.3. The minimum atomic E-state index is -0.266. The molecule has 0 saturated heterocycles. The quantitative estimate of drug-likeness (QED) is 0.340. The average Bonchev–Trinajstić information content (AvgIpc) is 2.64. The van der Waals surface area contributed by atoms with Crippen molar-refractivity contribution in [3.8, 4) is 0 Å². The van der Waals surface area contributed by atoms with Crippen LogP contribution in [0.4, 0.5) is 4.39 Å². The van der Waals surface area contributed by atoms with Crippen LogP contribution in [0.2, 0.25) is 0 Å². The van der Waals surface area contributed by atoms with Gasteiger partial charge in [0.15, 0.2) is 5.96 Å². The summed E-state index contributed by atoms with van der Waals surface area (Å²) >= 11 is 3.34. The minimum absolute atomic E-state index is 0. The molecule has 146 valence electrons. The highest BCUT2D eigenvalue weighted by atomic mass is 127. The Labute approximate surface area is 184 Å². The summed E-state index contributed by atoms with van der Waals surface area (Å²) in [5.41, 5.74) is 2.21. The van der Waals surface area contributed by atoms with Gasteiger partial charge >= 0.3 is 0 Å². The predicted octanol–water partition coefficient (Wildman–Crippen LogP) is 3.77. The third-order valence-electron chi connectivity index (χ3n) is 3.74. The second-order valence-corrected chi connectivity index (χ2v) is 6.83. The van der Waals surface area contributed by atoms with E-state index in [4.69, 9.17) is 0 Å². The first kappa shape index (κ1) is 23.4.